The van der Waals surface area contributed by atoms with E-state index in [0.29, 0.717) is 35.9 Å². The Kier molecular flexibility index (Phi) is 4.67. The van der Waals surface area contributed by atoms with Gasteiger partial charge in [0.25, 0.3) is 0 Å². The van der Waals surface area contributed by atoms with Crippen molar-refractivity contribution in [2.24, 2.45) is 0 Å². The second kappa shape index (κ2) is 7.03. The van der Waals surface area contributed by atoms with Crippen LogP contribution in [-0.2, 0) is 11.3 Å². The average molecular weight is 411 g/mol. The number of rotatable bonds is 5. The Bertz CT molecular complexity index is 833. The third kappa shape index (κ3) is 3.51. The summed E-state index contributed by atoms with van der Waals surface area (Å²) in [6.07, 6.45) is 6.95. The Morgan fingerprint density at radius 3 is 2.41 bits per heavy atom. The minimum absolute atomic E-state index is 0.233. The maximum atomic E-state index is 13.6. The van der Waals surface area contributed by atoms with Crippen LogP contribution < -0.4 is 5.32 Å². The summed E-state index contributed by atoms with van der Waals surface area (Å²) in [6.45, 7) is 0.415. The van der Waals surface area contributed by atoms with E-state index in [0.717, 1.165) is 37.0 Å². The Morgan fingerprint density at radius 1 is 1.11 bits per heavy atom. The van der Waals surface area contributed by atoms with Crippen LogP contribution >= 0.6 is 23.2 Å². The number of nitrogens with one attached hydrogen (secondary N) is 1. The van der Waals surface area contributed by atoms with Gasteiger partial charge in [-0.3, -0.25) is 0 Å². The lowest BCUT2D eigenvalue weighted by Gasteiger charge is -2.29. The van der Waals surface area contributed by atoms with Crippen molar-refractivity contribution in [1.29, 1.82) is 0 Å². The third-order valence-corrected chi connectivity index (χ3v) is 6.50. The molecule has 2 unspecified atom stereocenters. The zero-order valence-electron chi connectivity index (χ0n) is 14.8. The van der Waals surface area contributed by atoms with Gasteiger partial charge in [-0.25, -0.2) is 4.39 Å². The van der Waals surface area contributed by atoms with Crippen LogP contribution in [0.25, 0.3) is 11.3 Å². The molecule has 0 amide bonds. The summed E-state index contributed by atoms with van der Waals surface area (Å²) in [6, 6.07) is 3.64. The van der Waals surface area contributed by atoms with Gasteiger partial charge in [0.05, 0.1) is 22.8 Å². The van der Waals surface area contributed by atoms with Crippen molar-refractivity contribution < 1.29 is 13.7 Å². The van der Waals surface area contributed by atoms with Gasteiger partial charge in [-0.2, -0.15) is 0 Å². The number of hydrogen-bond donors (Lipinski definition) is 1. The van der Waals surface area contributed by atoms with E-state index < -0.39 is 5.82 Å². The summed E-state index contributed by atoms with van der Waals surface area (Å²) in [4.78, 5) is 0. The van der Waals surface area contributed by atoms with Crippen molar-refractivity contribution in [2.75, 3.05) is 0 Å². The highest BCUT2D eigenvalue weighted by atomic mass is 35.5. The van der Waals surface area contributed by atoms with Gasteiger partial charge in [0.2, 0.25) is 0 Å². The molecular formula is C20H21Cl2FN2O2. The smallest absolute Gasteiger partial charge is 0.145 e. The maximum absolute atomic E-state index is 13.6. The SMILES string of the molecule is Fc1cc(Cl)c(-c2noc(C3CC3)c2COC2CC3CCC(C2)N3)c(Cl)c1. The zero-order valence-corrected chi connectivity index (χ0v) is 16.3. The number of nitrogens with zero attached hydrogens (tertiary/aromatic N) is 1. The molecule has 5 rings (SSSR count). The summed E-state index contributed by atoms with van der Waals surface area (Å²) in [5, 5.41) is 8.34. The molecule has 2 bridgehead atoms. The van der Waals surface area contributed by atoms with Crippen LogP contribution in [0.3, 0.4) is 0 Å². The molecule has 1 aromatic heterocycles. The van der Waals surface area contributed by atoms with Gasteiger partial charge in [-0.05, 0) is 50.7 Å². The molecule has 0 spiro atoms. The minimum Gasteiger partial charge on any atom is -0.373 e. The average Bonchev–Trinajstić information content (AvgIpc) is 3.30. The fourth-order valence-corrected chi connectivity index (χ4v) is 5.07. The zero-order chi connectivity index (χ0) is 18.5. The molecule has 144 valence electrons. The Balaban J connectivity index is 1.44. The first-order valence-corrected chi connectivity index (χ1v) is 10.3. The maximum Gasteiger partial charge on any atom is 0.145 e. The second-order valence-corrected chi connectivity index (χ2v) is 8.75. The van der Waals surface area contributed by atoms with E-state index in [9.17, 15) is 4.39 Å². The number of hydrogen-bond acceptors (Lipinski definition) is 4. The van der Waals surface area contributed by atoms with Crippen molar-refractivity contribution in [3.63, 3.8) is 0 Å². The molecule has 7 heteroatoms. The van der Waals surface area contributed by atoms with E-state index in [1.54, 1.807) is 0 Å². The molecule has 1 aliphatic carbocycles. The van der Waals surface area contributed by atoms with E-state index in [4.69, 9.17) is 32.5 Å². The molecule has 3 fully saturated rings. The standard InChI is InChI=1S/C20H21Cl2FN2O2/c21-16-5-11(23)6-17(22)18(16)19-15(20(27-25-19)10-1-2-10)9-26-14-7-12-3-4-13(8-14)24-12/h5-6,10,12-14,24H,1-4,7-9H2. The summed E-state index contributed by atoms with van der Waals surface area (Å²) in [5.74, 6) is 0.771. The summed E-state index contributed by atoms with van der Waals surface area (Å²) < 4.78 is 25.5. The van der Waals surface area contributed by atoms with Crippen LogP contribution in [0, 0.1) is 5.82 Å². The van der Waals surface area contributed by atoms with E-state index in [1.807, 2.05) is 0 Å². The van der Waals surface area contributed by atoms with Gasteiger partial charge < -0.3 is 14.6 Å². The number of piperidine rings is 1. The minimum atomic E-state index is -0.470. The molecule has 1 aromatic carbocycles. The summed E-state index contributed by atoms with van der Waals surface area (Å²) in [5.41, 5.74) is 1.99. The Morgan fingerprint density at radius 2 is 1.78 bits per heavy atom. The normalized spacial score (nSPS) is 27.3. The number of halogens is 3. The molecule has 2 saturated heterocycles. The van der Waals surface area contributed by atoms with Crippen molar-refractivity contribution in [3.05, 3.63) is 39.3 Å². The largest absolute Gasteiger partial charge is 0.373 e. The van der Waals surface area contributed by atoms with E-state index in [-0.39, 0.29) is 16.1 Å². The number of aromatic nitrogens is 1. The monoisotopic (exact) mass is 410 g/mol. The Labute approximate surface area is 167 Å². The molecule has 2 aliphatic heterocycles. The lowest BCUT2D eigenvalue weighted by molar-refractivity contribution is 0.00876. The first kappa shape index (κ1) is 17.9. The molecule has 27 heavy (non-hydrogen) atoms. The van der Waals surface area contributed by atoms with Crippen LogP contribution in [0.2, 0.25) is 10.0 Å². The molecule has 3 heterocycles. The highest BCUT2D eigenvalue weighted by molar-refractivity contribution is 6.39. The van der Waals surface area contributed by atoms with Crippen molar-refractivity contribution in [3.8, 4) is 11.3 Å². The number of fused-ring (bicyclic) bond motifs is 2. The summed E-state index contributed by atoms with van der Waals surface area (Å²) in [7, 11) is 0. The van der Waals surface area contributed by atoms with E-state index >= 15 is 0 Å². The van der Waals surface area contributed by atoms with Gasteiger partial charge in [0, 0.05) is 29.1 Å². The van der Waals surface area contributed by atoms with Gasteiger partial charge in [-0.1, -0.05) is 28.4 Å². The highest BCUT2D eigenvalue weighted by Crippen LogP contribution is 2.46. The number of benzene rings is 1. The number of ether oxygens (including phenoxy) is 1. The quantitative estimate of drug-likeness (QED) is 0.710. The van der Waals surface area contributed by atoms with Crippen molar-refractivity contribution in [2.45, 2.75) is 69.2 Å². The van der Waals surface area contributed by atoms with Crippen molar-refractivity contribution >= 4 is 23.2 Å². The fraction of sp³-hybridized carbons (Fsp3) is 0.550. The van der Waals surface area contributed by atoms with Crippen LogP contribution in [-0.4, -0.2) is 23.3 Å². The summed E-state index contributed by atoms with van der Waals surface area (Å²) >= 11 is 12.6. The lowest BCUT2D eigenvalue weighted by atomic mass is 10.0. The molecular weight excluding hydrogens is 390 g/mol. The lowest BCUT2D eigenvalue weighted by Crippen LogP contribution is -2.41. The van der Waals surface area contributed by atoms with Crippen molar-refractivity contribution in [1.82, 2.24) is 10.5 Å². The molecule has 2 aromatic rings. The highest BCUT2D eigenvalue weighted by Gasteiger charge is 2.36. The molecule has 0 radical (unpaired) electrons. The second-order valence-electron chi connectivity index (χ2n) is 7.93. The molecule has 3 aliphatic rings. The molecule has 4 nitrogen and oxygen atoms in total. The third-order valence-electron chi connectivity index (χ3n) is 5.90. The van der Waals surface area contributed by atoms with E-state index in [1.165, 1.54) is 25.0 Å². The molecule has 1 N–H and O–H groups in total. The van der Waals surface area contributed by atoms with Gasteiger partial charge in [0.15, 0.2) is 0 Å². The van der Waals surface area contributed by atoms with E-state index in [2.05, 4.69) is 10.5 Å². The predicted molar refractivity (Wildman–Crippen MR) is 102 cm³/mol. The van der Waals surface area contributed by atoms with Crippen LogP contribution in [0.15, 0.2) is 16.7 Å². The van der Waals surface area contributed by atoms with Crippen LogP contribution in [0.4, 0.5) is 4.39 Å². The fourth-order valence-electron chi connectivity index (χ4n) is 4.43. The van der Waals surface area contributed by atoms with Crippen LogP contribution in [0.5, 0.6) is 0 Å². The first-order valence-electron chi connectivity index (χ1n) is 9.59. The van der Waals surface area contributed by atoms with Crippen LogP contribution in [0.1, 0.15) is 55.8 Å². The van der Waals surface area contributed by atoms with Gasteiger partial charge in [-0.15, -0.1) is 0 Å². The topological polar surface area (TPSA) is 47.3 Å². The van der Waals surface area contributed by atoms with Gasteiger partial charge in [0.1, 0.15) is 17.3 Å². The molecule has 2 atom stereocenters. The van der Waals surface area contributed by atoms with Gasteiger partial charge >= 0.3 is 0 Å². The first-order chi connectivity index (χ1) is 13.1. The predicted octanol–water partition coefficient (Wildman–Crippen LogP) is 5.46. The Hall–Kier alpha value is -1.14. The molecule has 1 saturated carbocycles.